The molecule has 17 heavy (non-hydrogen) atoms. The van der Waals surface area contributed by atoms with Crippen LogP contribution in [-0.2, 0) is 0 Å². The molecule has 2 rings (SSSR count). The summed E-state index contributed by atoms with van der Waals surface area (Å²) < 4.78 is 18.6. The number of halogens is 1. The van der Waals surface area contributed by atoms with E-state index in [1.54, 1.807) is 12.1 Å². The first-order valence-electron chi connectivity index (χ1n) is 4.85. The monoisotopic (exact) mass is 232 g/mol. The van der Waals surface area contributed by atoms with E-state index < -0.39 is 11.7 Å². The third kappa shape index (κ3) is 2.57. The van der Waals surface area contributed by atoms with Crippen LogP contribution in [0.25, 0.3) is 0 Å². The normalized spacial score (nSPS) is 9.94. The number of nitrogens with two attached hydrogens (primary N) is 1. The number of primary amides is 1. The molecule has 1 aromatic heterocycles. The van der Waals surface area contributed by atoms with Gasteiger partial charge in [-0.15, -0.1) is 0 Å². The molecule has 2 N–H and O–H groups in total. The van der Waals surface area contributed by atoms with E-state index in [-0.39, 0.29) is 11.4 Å². The van der Waals surface area contributed by atoms with Crippen molar-refractivity contribution >= 4 is 5.91 Å². The molecule has 0 aliphatic rings. The molecule has 5 heteroatoms. The predicted molar refractivity (Wildman–Crippen MR) is 59.2 cm³/mol. The van der Waals surface area contributed by atoms with E-state index >= 15 is 0 Å². The molecular weight excluding hydrogens is 223 g/mol. The summed E-state index contributed by atoms with van der Waals surface area (Å²) in [6, 6.07) is 8.84. The lowest BCUT2D eigenvalue weighted by molar-refractivity contribution is 0.0995. The molecule has 1 aromatic carbocycles. The predicted octanol–water partition coefficient (Wildman–Crippen LogP) is 2.11. The van der Waals surface area contributed by atoms with Gasteiger partial charge in [0.15, 0.2) is 11.6 Å². The molecule has 86 valence electrons. The van der Waals surface area contributed by atoms with Crippen LogP contribution >= 0.6 is 0 Å². The first kappa shape index (κ1) is 11.1. The number of benzene rings is 1. The van der Waals surface area contributed by atoms with Crippen molar-refractivity contribution in [1.29, 1.82) is 0 Å². The maximum atomic E-state index is 13.3. The summed E-state index contributed by atoms with van der Waals surface area (Å²) in [5.41, 5.74) is 5.14. The number of amides is 1. The number of carbonyl (C=O) groups excluding carboxylic acids is 1. The van der Waals surface area contributed by atoms with E-state index in [0.717, 1.165) is 0 Å². The van der Waals surface area contributed by atoms with Crippen LogP contribution in [0.15, 0.2) is 42.6 Å². The number of aromatic nitrogens is 1. The Balaban J connectivity index is 2.28. The molecule has 0 fully saturated rings. The van der Waals surface area contributed by atoms with Crippen LogP contribution in [0.3, 0.4) is 0 Å². The summed E-state index contributed by atoms with van der Waals surface area (Å²) in [5.74, 6) is -0.762. The number of para-hydroxylation sites is 1. The second kappa shape index (κ2) is 4.61. The molecule has 0 saturated carbocycles. The molecule has 0 aliphatic heterocycles. The van der Waals surface area contributed by atoms with E-state index in [0.29, 0.717) is 5.75 Å². The Morgan fingerprint density at radius 2 is 2.06 bits per heavy atom. The van der Waals surface area contributed by atoms with Gasteiger partial charge in [-0.05, 0) is 18.2 Å². The van der Waals surface area contributed by atoms with Gasteiger partial charge in [0.05, 0.1) is 0 Å². The van der Waals surface area contributed by atoms with Crippen molar-refractivity contribution < 1.29 is 13.9 Å². The Morgan fingerprint density at radius 1 is 1.29 bits per heavy atom. The molecule has 0 atom stereocenters. The van der Waals surface area contributed by atoms with Crippen molar-refractivity contribution in [3.8, 4) is 11.5 Å². The van der Waals surface area contributed by atoms with Gasteiger partial charge in [0, 0.05) is 12.3 Å². The topological polar surface area (TPSA) is 65.2 Å². The lowest BCUT2D eigenvalue weighted by atomic mass is 10.3. The number of hydrogen-bond donors (Lipinski definition) is 1. The zero-order valence-corrected chi connectivity index (χ0v) is 8.76. The number of carbonyl (C=O) groups is 1. The van der Waals surface area contributed by atoms with Gasteiger partial charge >= 0.3 is 0 Å². The highest BCUT2D eigenvalue weighted by molar-refractivity contribution is 5.91. The first-order valence-corrected chi connectivity index (χ1v) is 4.85. The molecule has 1 heterocycles. The van der Waals surface area contributed by atoms with Crippen LogP contribution in [-0.4, -0.2) is 10.9 Å². The number of rotatable bonds is 3. The summed E-state index contributed by atoms with van der Waals surface area (Å²) in [6.45, 7) is 0. The Bertz CT molecular complexity index is 558. The van der Waals surface area contributed by atoms with Gasteiger partial charge in [0.2, 0.25) is 0 Å². The largest absolute Gasteiger partial charge is 0.454 e. The standard InChI is InChI=1S/C12H9FN2O2/c13-9-3-1-2-4-11(9)17-8-5-6-15-10(7-8)12(14)16/h1-7H,(H2,14,16). The number of ether oxygens (including phenoxy) is 1. The first-order chi connectivity index (χ1) is 8.16. The van der Waals surface area contributed by atoms with E-state index in [1.165, 1.54) is 30.5 Å². The van der Waals surface area contributed by atoms with E-state index in [9.17, 15) is 9.18 Å². The van der Waals surface area contributed by atoms with E-state index in [1.807, 2.05) is 0 Å². The second-order valence-electron chi connectivity index (χ2n) is 3.27. The summed E-state index contributed by atoms with van der Waals surface area (Å²) in [5, 5.41) is 0. The molecule has 0 aliphatic carbocycles. The molecule has 2 aromatic rings. The third-order valence-electron chi connectivity index (χ3n) is 2.05. The SMILES string of the molecule is NC(=O)c1cc(Oc2ccccc2F)ccn1. The highest BCUT2D eigenvalue weighted by atomic mass is 19.1. The third-order valence-corrected chi connectivity index (χ3v) is 2.05. The fraction of sp³-hybridized carbons (Fsp3) is 0. The summed E-state index contributed by atoms with van der Waals surface area (Å²) in [7, 11) is 0. The zero-order valence-electron chi connectivity index (χ0n) is 8.76. The van der Waals surface area contributed by atoms with Gasteiger partial charge in [0.25, 0.3) is 5.91 Å². The van der Waals surface area contributed by atoms with Crippen molar-refractivity contribution in [2.24, 2.45) is 5.73 Å². The van der Waals surface area contributed by atoms with Crippen molar-refractivity contribution in [2.45, 2.75) is 0 Å². The molecule has 0 radical (unpaired) electrons. The molecule has 1 amide bonds. The quantitative estimate of drug-likeness (QED) is 0.881. The smallest absolute Gasteiger partial charge is 0.267 e. The molecule has 0 unspecified atom stereocenters. The fourth-order valence-corrected chi connectivity index (χ4v) is 1.26. The van der Waals surface area contributed by atoms with Crippen molar-refractivity contribution in [3.05, 3.63) is 54.1 Å². The van der Waals surface area contributed by atoms with Crippen molar-refractivity contribution in [1.82, 2.24) is 4.98 Å². The molecule has 0 bridgehead atoms. The Hall–Kier alpha value is -2.43. The minimum atomic E-state index is -0.663. The second-order valence-corrected chi connectivity index (χ2v) is 3.27. The Kier molecular flexibility index (Phi) is 3.00. The van der Waals surface area contributed by atoms with Crippen LogP contribution in [0.5, 0.6) is 11.5 Å². The average Bonchev–Trinajstić information content (AvgIpc) is 2.32. The molecule has 0 spiro atoms. The maximum absolute atomic E-state index is 13.3. The molecular formula is C12H9FN2O2. The Labute approximate surface area is 96.9 Å². The van der Waals surface area contributed by atoms with Gasteiger partial charge in [-0.1, -0.05) is 12.1 Å². The van der Waals surface area contributed by atoms with E-state index in [2.05, 4.69) is 4.98 Å². The van der Waals surface area contributed by atoms with Gasteiger partial charge in [0.1, 0.15) is 11.4 Å². The van der Waals surface area contributed by atoms with Gasteiger partial charge in [-0.2, -0.15) is 0 Å². The van der Waals surface area contributed by atoms with E-state index in [4.69, 9.17) is 10.5 Å². The maximum Gasteiger partial charge on any atom is 0.267 e. The van der Waals surface area contributed by atoms with Crippen LogP contribution < -0.4 is 10.5 Å². The van der Waals surface area contributed by atoms with Gasteiger partial charge in [-0.25, -0.2) is 4.39 Å². The van der Waals surface area contributed by atoms with Crippen LogP contribution in [0.1, 0.15) is 10.5 Å². The lowest BCUT2D eigenvalue weighted by Gasteiger charge is -2.06. The van der Waals surface area contributed by atoms with Crippen LogP contribution in [0.2, 0.25) is 0 Å². The number of nitrogens with zero attached hydrogens (tertiary/aromatic N) is 1. The fourth-order valence-electron chi connectivity index (χ4n) is 1.26. The summed E-state index contributed by atoms with van der Waals surface area (Å²) >= 11 is 0. The van der Waals surface area contributed by atoms with Crippen molar-refractivity contribution in [3.63, 3.8) is 0 Å². The molecule has 4 nitrogen and oxygen atoms in total. The number of pyridine rings is 1. The highest BCUT2D eigenvalue weighted by Crippen LogP contribution is 2.23. The summed E-state index contributed by atoms with van der Waals surface area (Å²) in [6.07, 6.45) is 1.37. The Morgan fingerprint density at radius 3 is 2.76 bits per heavy atom. The zero-order chi connectivity index (χ0) is 12.3. The van der Waals surface area contributed by atoms with Crippen LogP contribution in [0.4, 0.5) is 4.39 Å². The average molecular weight is 232 g/mol. The van der Waals surface area contributed by atoms with Crippen LogP contribution in [0, 0.1) is 5.82 Å². The summed E-state index contributed by atoms with van der Waals surface area (Å²) in [4.78, 5) is 14.7. The van der Waals surface area contributed by atoms with Gasteiger partial charge in [-0.3, -0.25) is 9.78 Å². The number of hydrogen-bond acceptors (Lipinski definition) is 3. The minimum absolute atomic E-state index is 0.0684. The highest BCUT2D eigenvalue weighted by Gasteiger charge is 2.06. The molecule has 0 saturated heterocycles. The van der Waals surface area contributed by atoms with Gasteiger partial charge < -0.3 is 10.5 Å². The van der Waals surface area contributed by atoms with Crippen molar-refractivity contribution in [2.75, 3.05) is 0 Å². The minimum Gasteiger partial charge on any atom is -0.454 e. The lowest BCUT2D eigenvalue weighted by Crippen LogP contribution is -2.12.